The summed E-state index contributed by atoms with van der Waals surface area (Å²) < 4.78 is 19.5. The lowest BCUT2D eigenvalue weighted by molar-refractivity contribution is 0.0469. The number of nitrogen functional groups attached to an aromatic ring is 1. The number of Topliss-reactive ketones (excluding diaryl/α,β-unsaturated/α-hetero) is 1. The van der Waals surface area contributed by atoms with Gasteiger partial charge in [0.25, 0.3) is 5.56 Å². The smallest absolute Gasteiger partial charge is 0.341 e. The molecular weight excluding hydrogens is 369 g/mol. The zero-order chi connectivity index (χ0) is 19.4. The number of nitrogens with one attached hydrogen (secondary N) is 1. The van der Waals surface area contributed by atoms with Crippen LogP contribution >= 0.6 is 11.6 Å². The summed E-state index contributed by atoms with van der Waals surface area (Å²) in [6.07, 6.45) is 0.536. The summed E-state index contributed by atoms with van der Waals surface area (Å²) in [7, 11) is 0. The maximum atomic E-state index is 13.7. The highest BCUT2D eigenvalue weighted by Crippen LogP contribution is 2.15. The Morgan fingerprint density at radius 2 is 2.04 bits per heavy atom. The number of esters is 1. The first-order valence-electron chi connectivity index (χ1n) is 7.54. The van der Waals surface area contributed by atoms with Gasteiger partial charge in [0.2, 0.25) is 5.78 Å². The van der Waals surface area contributed by atoms with E-state index in [1.54, 1.807) is 6.92 Å². The molecule has 1 aromatic carbocycles. The van der Waals surface area contributed by atoms with Crippen molar-refractivity contribution in [3.8, 4) is 0 Å². The van der Waals surface area contributed by atoms with Crippen molar-refractivity contribution in [2.24, 2.45) is 0 Å². The van der Waals surface area contributed by atoms with Gasteiger partial charge in [-0.1, -0.05) is 18.5 Å². The fourth-order valence-electron chi connectivity index (χ4n) is 2.24. The van der Waals surface area contributed by atoms with Crippen LogP contribution < -0.4 is 17.0 Å². The van der Waals surface area contributed by atoms with Gasteiger partial charge >= 0.3 is 11.7 Å². The number of carbonyl (C=O) groups excluding carboxylic acids is 2. The Morgan fingerprint density at radius 1 is 1.35 bits per heavy atom. The van der Waals surface area contributed by atoms with Crippen LogP contribution in [-0.4, -0.2) is 27.9 Å². The number of carbonyl (C=O) groups is 2. The van der Waals surface area contributed by atoms with Gasteiger partial charge in [0.05, 0.1) is 5.56 Å². The van der Waals surface area contributed by atoms with Crippen LogP contribution in [0.15, 0.2) is 27.8 Å². The van der Waals surface area contributed by atoms with E-state index in [0.29, 0.717) is 6.42 Å². The quantitative estimate of drug-likeness (QED) is 0.573. The molecule has 0 amide bonds. The average Bonchev–Trinajstić information content (AvgIpc) is 2.56. The zero-order valence-corrected chi connectivity index (χ0v) is 14.4. The number of aromatic amines is 1. The first-order chi connectivity index (χ1) is 12.3. The van der Waals surface area contributed by atoms with E-state index in [4.69, 9.17) is 22.1 Å². The molecule has 0 fully saturated rings. The van der Waals surface area contributed by atoms with Gasteiger partial charge in [-0.25, -0.2) is 14.0 Å². The molecule has 138 valence electrons. The molecule has 0 aliphatic heterocycles. The van der Waals surface area contributed by atoms with Crippen molar-refractivity contribution in [2.45, 2.75) is 19.9 Å². The van der Waals surface area contributed by atoms with Gasteiger partial charge in [0.15, 0.2) is 6.61 Å². The van der Waals surface area contributed by atoms with E-state index in [2.05, 4.69) is 0 Å². The summed E-state index contributed by atoms with van der Waals surface area (Å²) in [5, 5.41) is 0.0904. The van der Waals surface area contributed by atoms with Crippen LogP contribution in [0.4, 0.5) is 10.2 Å². The lowest BCUT2D eigenvalue weighted by Gasteiger charge is -2.11. The van der Waals surface area contributed by atoms with Crippen LogP contribution in [0.25, 0.3) is 0 Å². The molecule has 0 saturated heterocycles. The highest BCUT2D eigenvalue weighted by Gasteiger charge is 2.21. The second-order valence-electron chi connectivity index (χ2n) is 5.29. The van der Waals surface area contributed by atoms with Gasteiger partial charge in [0, 0.05) is 11.6 Å². The number of anilines is 1. The van der Waals surface area contributed by atoms with Crippen molar-refractivity contribution in [2.75, 3.05) is 12.3 Å². The third-order valence-corrected chi connectivity index (χ3v) is 3.69. The third-order valence-electron chi connectivity index (χ3n) is 3.45. The predicted molar refractivity (Wildman–Crippen MR) is 92.0 cm³/mol. The fourth-order valence-corrected chi connectivity index (χ4v) is 2.40. The van der Waals surface area contributed by atoms with Gasteiger partial charge in [-0.15, -0.1) is 0 Å². The molecule has 2 aromatic rings. The highest BCUT2D eigenvalue weighted by molar-refractivity contribution is 6.30. The number of hydrogen-bond donors (Lipinski definition) is 2. The molecule has 2 rings (SSSR count). The number of halogens is 2. The van der Waals surface area contributed by atoms with Gasteiger partial charge in [-0.05, 0) is 24.6 Å². The van der Waals surface area contributed by atoms with E-state index in [0.717, 1.165) is 16.7 Å². The van der Waals surface area contributed by atoms with E-state index in [-0.39, 0.29) is 17.4 Å². The standard InChI is InChI=1S/C16H15ClFN3O5/c1-2-5-21-13(19)12(14(23)20-16(21)25)11(22)7-26-15(24)9-4-3-8(17)6-10(9)18/h3-4,6H,2,5,7,19H2,1H3,(H,20,23,25). The number of nitrogens with zero attached hydrogens (tertiary/aromatic N) is 1. The summed E-state index contributed by atoms with van der Waals surface area (Å²) in [5.41, 5.74) is 3.09. The van der Waals surface area contributed by atoms with Crippen LogP contribution in [0.2, 0.25) is 5.02 Å². The summed E-state index contributed by atoms with van der Waals surface area (Å²) >= 11 is 5.59. The van der Waals surface area contributed by atoms with Crippen molar-refractivity contribution in [3.05, 3.63) is 61.0 Å². The third kappa shape index (κ3) is 3.99. The topological polar surface area (TPSA) is 124 Å². The van der Waals surface area contributed by atoms with Gasteiger partial charge in [-0.2, -0.15) is 0 Å². The molecule has 0 unspecified atom stereocenters. The molecule has 0 spiro atoms. The van der Waals surface area contributed by atoms with E-state index in [1.165, 1.54) is 6.07 Å². The van der Waals surface area contributed by atoms with Crippen molar-refractivity contribution < 1.29 is 18.7 Å². The molecule has 10 heteroatoms. The molecule has 0 atom stereocenters. The number of ketones is 1. The van der Waals surface area contributed by atoms with Gasteiger partial charge in [-0.3, -0.25) is 19.1 Å². The molecule has 0 bridgehead atoms. The molecule has 0 saturated carbocycles. The number of aromatic nitrogens is 2. The van der Waals surface area contributed by atoms with Crippen molar-refractivity contribution in [3.63, 3.8) is 0 Å². The Bertz CT molecular complexity index is 983. The van der Waals surface area contributed by atoms with E-state index in [1.807, 2.05) is 4.98 Å². The Balaban J connectivity index is 2.23. The second-order valence-corrected chi connectivity index (χ2v) is 5.73. The SMILES string of the molecule is CCCn1c(N)c(C(=O)COC(=O)c2ccc(Cl)cc2F)c(=O)[nH]c1=O. The molecule has 8 nitrogen and oxygen atoms in total. The van der Waals surface area contributed by atoms with Crippen molar-refractivity contribution in [1.82, 2.24) is 9.55 Å². The number of benzene rings is 1. The first-order valence-corrected chi connectivity index (χ1v) is 7.92. The number of hydrogen-bond acceptors (Lipinski definition) is 6. The Morgan fingerprint density at radius 3 is 2.65 bits per heavy atom. The summed E-state index contributed by atoms with van der Waals surface area (Å²) in [5.74, 6) is -3.26. The fraction of sp³-hybridized carbons (Fsp3) is 0.250. The first kappa shape index (κ1) is 19.4. The van der Waals surface area contributed by atoms with Crippen LogP contribution in [0.1, 0.15) is 34.1 Å². The molecule has 0 radical (unpaired) electrons. The average molecular weight is 384 g/mol. The lowest BCUT2D eigenvalue weighted by Crippen LogP contribution is -2.37. The Kier molecular flexibility index (Phi) is 5.93. The molecular formula is C16H15ClFN3O5. The second kappa shape index (κ2) is 7.96. The van der Waals surface area contributed by atoms with E-state index < -0.39 is 46.6 Å². The number of H-pyrrole nitrogens is 1. The van der Waals surface area contributed by atoms with Crippen LogP contribution in [0.3, 0.4) is 0 Å². The monoisotopic (exact) mass is 383 g/mol. The van der Waals surface area contributed by atoms with Crippen LogP contribution in [-0.2, 0) is 11.3 Å². The predicted octanol–water partition coefficient (Wildman–Crippen LogP) is 1.36. The van der Waals surface area contributed by atoms with Crippen LogP contribution in [0, 0.1) is 5.82 Å². The molecule has 3 N–H and O–H groups in total. The minimum atomic E-state index is -1.11. The largest absolute Gasteiger partial charge is 0.454 e. The summed E-state index contributed by atoms with van der Waals surface area (Å²) in [6.45, 7) is 1.12. The molecule has 1 heterocycles. The normalized spacial score (nSPS) is 10.6. The molecule has 1 aromatic heterocycles. The number of rotatable bonds is 6. The minimum absolute atomic E-state index is 0.0904. The van der Waals surface area contributed by atoms with Gasteiger partial charge < -0.3 is 10.5 Å². The minimum Gasteiger partial charge on any atom is -0.454 e. The highest BCUT2D eigenvalue weighted by atomic mass is 35.5. The number of nitrogens with two attached hydrogens (primary N) is 1. The van der Waals surface area contributed by atoms with E-state index in [9.17, 15) is 23.6 Å². The zero-order valence-electron chi connectivity index (χ0n) is 13.7. The molecule has 0 aliphatic rings. The maximum absolute atomic E-state index is 13.7. The Labute approximate surface area is 151 Å². The molecule has 0 aliphatic carbocycles. The maximum Gasteiger partial charge on any atom is 0.341 e. The Hall–Kier alpha value is -2.94. The van der Waals surface area contributed by atoms with Crippen LogP contribution in [0.5, 0.6) is 0 Å². The summed E-state index contributed by atoms with van der Waals surface area (Å²) in [6, 6.07) is 3.31. The lowest BCUT2D eigenvalue weighted by atomic mass is 10.2. The van der Waals surface area contributed by atoms with E-state index >= 15 is 0 Å². The summed E-state index contributed by atoms with van der Waals surface area (Å²) in [4.78, 5) is 49.7. The molecule has 26 heavy (non-hydrogen) atoms. The van der Waals surface area contributed by atoms with Crippen molar-refractivity contribution >= 4 is 29.2 Å². The van der Waals surface area contributed by atoms with Crippen molar-refractivity contribution in [1.29, 1.82) is 0 Å². The number of ether oxygens (including phenoxy) is 1. The van der Waals surface area contributed by atoms with Gasteiger partial charge in [0.1, 0.15) is 17.2 Å².